The second-order valence-corrected chi connectivity index (χ2v) is 13.8. The normalized spacial score (nSPS) is 17.2. The molecule has 1 atom stereocenters. The van der Waals surface area contributed by atoms with Crippen LogP contribution in [0.4, 0.5) is 5.82 Å². The molecular weight excluding hydrogens is 580 g/mol. The zero-order valence-corrected chi connectivity index (χ0v) is 23.2. The lowest BCUT2D eigenvalue weighted by Crippen LogP contribution is -2.39. The van der Waals surface area contributed by atoms with E-state index in [1.54, 1.807) is 23.1 Å². The van der Waals surface area contributed by atoms with Crippen LogP contribution in [-0.2, 0) is 26.4 Å². The highest BCUT2D eigenvalue weighted by Gasteiger charge is 2.32. The van der Waals surface area contributed by atoms with Crippen molar-refractivity contribution in [3.05, 3.63) is 76.8 Å². The molecule has 0 aliphatic carbocycles. The second-order valence-electron chi connectivity index (χ2n) is 8.95. The van der Waals surface area contributed by atoms with Gasteiger partial charge in [0.1, 0.15) is 5.82 Å². The molecule has 0 saturated carbocycles. The highest BCUT2D eigenvalue weighted by molar-refractivity contribution is 9.10. The van der Waals surface area contributed by atoms with Gasteiger partial charge in [-0.05, 0) is 64.7 Å². The van der Waals surface area contributed by atoms with Crippen LogP contribution in [0, 0.1) is 0 Å². The van der Waals surface area contributed by atoms with Crippen LogP contribution in [0.1, 0.15) is 30.0 Å². The van der Waals surface area contributed by atoms with Crippen molar-refractivity contribution >= 4 is 47.3 Å². The number of halogens is 1. The van der Waals surface area contributed by atoms with Gasteiger partial charge in [0.05, 0.1) is 26.2 Å². The van der Waals surface area contributed by atoms with Crippen molar-refractivity contribution in [2.75, 3.05) is 24.7 Å². The van der Waals surface area contributed by atoms with Crippen molar-refractivity contribution in [1.29, 1.82) is 0 Å². The zero-order chi connectivity index (χ0) is 26.2. The summed E-state index contributed by atoms with van der Waals surface area (Å²) in [4.78, 5) is 9.12. The van der Waals surface area contributed by atoms with Gasteiger partial charge < -0.3 is 5.32 Å². The van der Waals surface area contributed by atoms with E-state index in [1.165, 1.54) is 28.6 Å². The molecule has 1 unspecified atom stereocenters. The van der Waals surface area contributed by atoms with Crippen molar-refractivity contribution in [3.8, 4) is 0 Å². The lowest BCUT2D eigenvalue weighted by Gasteiger charge is -2.32. The third-order valence-corrected chi connectivity index (χ3v) is 9.90. The van der Waals surface area contributed by atoms with E-state index in [-0.39, 0.29) is 22.3 Å². The van der Waals surface area contributed by atoms with Crippen molar-refractivity contribution in [3.63, 3.8) is 0 Å². The summed E-state index contributed by atoms with van der Waals surface area (Å²) in [5, 5.41) is 7.82. The van der Waals surface area contributed by atoms with Gasteiger partial charge in [-0.2, -0.15) is 13.9 Å². The summed E-state index contributed by atoms with van der Waals surface area (Å²) in [6, 6.07) is 11.1. The van der Waals surface area contributed by atoms with Gasteiger partial charge in [0, 0.05) is 50.3 Å². The topological polar surface area (TPSA) is 127 Å². The maximum absolute atomic E-state index is 13.4. The summed E-state index contributed by atoms with van der Waals surface area (Å²) in [6.45, 7) is 1.20. The van der Waals surface area contributed by atoms with Crippen LogP contribution in [0.2, 0.25) is 0 Å². The summed E-state index contributed by atoms with van der Waals surface area (Å²) in [7, 11) is -7.22. The first kappa shape index (κ1) is 25.8. The molecule has 0 radical (unpaired) electrons. The number of benzene rings is 1. The summed E-state index contributed by atoms with van der Waals surface area (Å²) in [5.41, 5.74) is 2.43. The number of hydrogen-bond acceptors (Lipinski definition) is 8. The maximum Gasteiger partial charge on any atom is 0.243 e. The number of pyridine rings is 1. The number of nitrogens with zero attached hydrogens (tertiary/aromatic N) is 5. The third kappa shape index (κ3) is 5.40. The number of anilines is 1. The van der Waals surface area contributed by atoms with Gasteiger partial charge in [0.25, 0.3) is 0 Å². The molecule has 1 N–H and O–H groups in total. The zero-order valence-electron chi connectivity index (χ0n) is 19.9. The van der Waals surface area contributed by atoms with Gasteiger partial charge in [0.15, 0.2) is 15.5 Å². The van der Waals surface area contributed by atoms with Crippen LogP contribution in [0.5, 0.6) is 0 Å². The molecule has 0 spiro atoms. The number of piperidine rings is 1. The average molecular weight is 606 g/mol. The van der Waals surface area contributed by atoms with Gasteiger partial charge in [0.2, 0.25) is 10.0 Å². The van der Waals surface area contributed by atoms with Crippen LogP contribution in [0.15, 0.2) is 75.3 Å². The van der Waals surface area contributed by atoms with Crippen LogP contribution >= 0.6 is 15.9 Å². The Hall–Kier alpha value is -2.87. The van der Waals surface area contributed by atoms with E-state index in [2.05, 4.69) is 31.3 Å². The van der Waals surface area contributed by atoms with E-state index in [9.17, 15) is 16.8 Å². The predicted octanol–water partition coefficient (Wildman–Crippen LogP) is 3.47. The number of aromatic nitrogens is 4. The van der Waals surface area contributed by atoms with E-state index in [4.69, 9.17) is 4.98 Å². The Morgan fingerprint density at radius 1 is 1.08 bits per heavy atom. The molecule has 0 bridgehead atoms. The maximum atomic E-state index is 13.4. The van der Waals surface area contributed by atoms with Crippen LogP contribution < -0.4 is 5.32 Å². The largest absolute Gasteiger partial charge is 0.366 e. The van der Waals surface area contributed by atoms with Crippen molar-refractivity contribution in [1.82, 2.24) is 23.9 Å². The lowest BCUT2D eigenvalue weighted by atomic mass is 9.96. The van der Waals surface area contributed by atoms with Gasteiger partial charge in [-0.1, -0.05) is 6.07 Å². The predicted molar refractivity (Wildman–Crippen MR) is 143 cm³/mol. The van der Waals surface area contributed by atoms with E-state index in [0.717, 1.165) is 34.2 Å². The molecule has 5 rings (SSSR count). The quantitative estimate of drug-likeness (QED) is 0.340. The van der Waals surface area contributed by atoms with Gasteiger partial charge >= 0.3 is 0 Å². The first-order valence-electron chi connectivity index (χ1n) is 11.6. The third-order valence-electron chi connectivity index (χ3n) is 6.34. The highest BCUT2D eigenvalue weighted by atomic mass is 79.9. The molecule has 1 aromatic carbocycles. The van der Waals surface area contributed by atoms with Gasteiger partial charge in [-0.3, -0.25) is 4.98 Å². The molecule has 0 amide bonds. The molecule has 10 nitrogen and oxygen atoms in total. The summed E-state index contributed by atoms with van der Waals surface area (Å²) < 4.78 is 54.2. The lowest BCUT2D eigenvalue weighted by molar-refractivity contribution is 0.313. The minimum absolute atomic E-state index is 0.0707. The number of sulfone groups is 1. The smallest absolute Gasteiger partial charge is 0.243 e. The molecule has 4 aromatic rings. The molecule has 13 heteroatoms. The Bertz CT molecular complexity index is 1640. The molecule has 4 heterocycles. The van der Waals surface area contributed by atoms with Crippen molar-refractivity contribution < 1.29 is 16.8 Å². The number of fused-ring (bicyclic) bond motifs is 1. The highest BCUT2D eigenvalue weighted by Crippen LogP contribution is 2.32. The standard InChI is InChI=1S/C24H25BrN6O4S2/c1-36(32,33)19-6-8-20(9-7-19)37(34,35)30-11-3-5-18(16-30)22-12-23(27-14-17-4-2-10-26-13-17)31-24(29-22)21(25)15-28-31/h2,4,6-10,12-13,15,18,27H,3,5,11,14,16H2,1H3. The number of hydrogen-bond donors (Lipinski definition) is 1. The van der Waals surface area contributed by atoms with Gasteiger partial charge in [-0.25, -0.2) is 21.8 Å². The monoisotopic (exact) mass is 604 g/mol. The Morgan fingerprint density at radius 3 is 2.54 bits per heavy atom. The first-order chi connectivity index (χ1) is 17.6. The van der Waals surface area contributed by atoms with Gasteiger partial charge in [-0.15, -0.1) is 0 Å². The average Bonchev–Trinajstić information content (AvgIpc) is 3.28. The van der Waals surface area contributed by atoms with Crippen molar-refractivity contribution in [2.24, 2.45) is 0 Å². The molecule has 37 heavy (non-hydrogen) atoms. The fourth-order valence-corrected chi connectivity index (χ4v) is 6.90. The number of nitrogens with one attached hydrogen (secondary N) is 1. The Balaban J connectivity index is 1.42. The van der Waals surface area contributed by atoms with E-state index in [0.29, 0.717) is 25.2 Å². The number of sulfonamides is 1. The molecule has 1 fully saturated rings. The van der Waals surface area contributed by atoms with Crippen LogP contribution in [-0.4, -0.2) is 60.1 Å². The Morgan fingerprint density at radius 2 is 1.84 bits per heavy atom. The Kier molecular flexibility index (Phi) is 7.05. The van der Waals surface area contributed by atoms with Crippen LogP contribution in [0.25, 0.3) is 5.65 Å². The minimum Gasteiger partial charge on any atom is -0.366 e. The summed E-state index contributed by atoms with van der Waals surface area (Å²) in [6.07, 6.45) is 7.75. The van der Waals surface area contributed by atoms with E-state index >= 15 is 0 Å². The van der Waals surface area contributed by atoms with Crippen molar-refractivity contribution in [2.45, 2.75) is 35.1 Å². The number of rotatable bonds is 7. The minimum atomic E-state index is -3.80. The second kappa shape index (κ2) is 10.1. The fraction of sp³-hybridized carbons (Fsp3) is 0.292. The van der Waals surface area contributed by atoms with Crippen LogP contribution in [0.3, 0.4) is 0 Å². The Labute approximate surface area is 223 Å². The summed E-state index contributed by atoms with van der Waals surface area (Å²) >= 11 is 3.52. The molecule has 3 aromatic heterocycles. The molecule has 194 valence electrons. The molecule has 1 aliphatic heterocycles. The first-order valence-corrected chi connectivity index (χ1v) is 15.7. The molecule has 1 saturated heterocycles. The van der Waals surface area contributed by atoms with E-state index in [1.807, 2.05) is 18.2 Å². The molecule has 1 aliphatic rings. The SMILES string of the molecule is CS(=O)(=O)c1ccc(S(=O)(=O)N2CCCC(c3cc(NCc4cccnc4)n4ncc(Br)c4n3)C2)cc1. The molecular formula is C24H25BrN6O4S2. The summed E-state index contributed by atoms with van der Waals surface area (Å²) in [5.74, 6) is 0.621. The van der Waals surface area contributed by atoms with E-state index < -0.39 is 19.9 Å². The fourth-order valence-electron chi connectivity index (χ4n) is 4.40.